The van der Waals surface area contributed by atoms with Gasteiger partial charge in [0.1, 0.15) is 0 Å². The van der Waals surface area contributed by atoms with Gasteiger partial charge in [0.2, 0.25) is 11.8 Å². The number of hydrogen-bond acceptors (Lipinski definition) is 3. The van der Waals surface area contributed by atoms with Crippen LogP contribution >= 0.6 is 23.4 Å². The monoisotopic (exact) mass is 396 g/mol. The van der Waals surface area contributed by atoms with Crippen LogP contribution in [0.2, 0.25) is 5.02 Å². The summed E-state index contributed by atoms with van der Waals surface area (Å²) < 4.78 is 0. The maximum atomic E-state index is 12.4. The second-order valence-electron chi connectivity index (χ2n) is 6.82. The number of unbranched alkanes of at least 4 members (excludes halogenated alkanes) is 1. The molecule has 2 amide bonds. The fourth-order valence-electron chi connectivity index (χ4n) is 3.14. The van der Waals surface area contributed by atoms with Crippen molar-refractivity contribution in [2.24, 2.45) is 5.92 Å². The molecule has 4 nitrogen and oxygen atoms in total. The molecule has 2 rings (SSSR count). The molecule has 1 heterocycles. The molecule has 0 bridgehead atoms. The van der Waals surface area contributed by atoms with Crippen LogP contribution in [-0.4, -0.2) is 54.0 Å². The van der Waals surface area contributed by atoms with E-state index in [4.69, 9.17) is 11.6 Å². The summed E-state index contributed by atoms with van der Waals surface area (Å²) in [4.78, 5) is 29.7. The van der Waals surface area contributed by atoms with E-state index in [1.54, 1.807) is 11.8 Å². The van der Waals surface area contributed by atoms with E-state index < -0.39 is 0 Å². The highest BCUT2D eigenvalue weighted by Gasteiger charge is 2.28. The first-order valence-corrected chi connectivity index (χ1v) is 10.8. The standard InChI is InChI=1S/C20H29ClN2O2S/c1-3-4-12-22(2)20(25)16-9-13-23(14-10-16)19(24)11-15-26-18-7-5-17(21)6-8-18/h5-8,16H,3-4,9-15H2,1-2H3. The second kappa shape index (κ2) is 10.8. The Morgan fingerprint density at radius 1 is 1.23 bits per heavy atom. The van der Waals surface area contributed by atoms with E-state index in [1.165, 1.54) is 0 Å². The highest BCUT2D eigenvalue weighted by Crippen LogP contribution is 2.23. The first-order chi connectivity index (χ1) is 12.5. The maximum absolute atomic E-state index is 12.4. The topological polar surface area (TPSA) is 40.6 Å². The Labute approximate surface area is 166 Å². The Morgan fingerprint density at radius 2 is 1.88 bits per heavy atom. The van der Waals surface area contributed by atoms with Crippen LogP contribution in [0.15, 0.2) is 29.2 Å². The van der Waals surface area contributed by atoms with Crippen molar-refractivity contribution in [2.75, 3.05) is 32.4 Å². The molecule has 0 spiro atoms. The molecule has 0 N–H and O–H groups in total. The normalized spacial score (nSPS) is 15.1. The Morgan fingerprint density at radius 3 is 2.50 bits per heavy atom. The van der Waals surface area contributed by atoms with Crippen LogP contribution < -0.4 is 0 Å². The SMILES string of the molecule is CCCCN(C)C(=O)C1CCN(C(=O)CCSc2ccc(Cl)cc2)CC1. The number of benzene rings is 1. The summed E-state index contributed by atoms with van der Waals surface area (Å²) >= 11 is 7.55. The van der Waals surface area contributed by atoms with E-state index in [9.17, 15) is 9.59 Å². The van der Waals surface area contributed by atoms with Crippen molar-refractivity contribution in [2.45, 2.75) is 43.9 Å². The highest BCUT2D eigenvalue weighted by atomic mass is 35.5. The minimum atomic E-state index is 0.0735. The Kier molecular flexibility index (Phi) is 8.79. The summed E-state index contributed by atoms with van der Waals surface area (Å²) in [7, 11) is 1.89. The zero-order valence-electron chi connectivity index (χ0n) is 15.7. The third-order valence-electron chi connectivity index (χ3n) is 4.82. The number of thioether (sulfide) groups is 1. The van der Waals surface area contributed by atoms with Gasteiger partial charge in [0.05, 0.1) is 0 Å². The van der Waals surface area contributed by atoms with Crippen molar-refractivity contribution in [3.63, 3.8) is 0 Å². The molecule has 144 valence electrons. The van der Waals surface area contributed by atoms with Crippen LogP contribution in [0.4, 0.5) is 0 Å². The van der Waals surface area contributed by atoms with E-state index in [1.807, 2.05) is 41.1 Å². The van der Waals surface area contributed by atoms with E-state index in [2.05, 4.69) is 6.92 Å². The number of halogens is 1. The number of carbonyl (C=O) groups is 2. The van der Waals surface area contributed by atoms with Gasteiger partial charge in [-0.05, 0) is 43.5 Å². The fourth-order valence-corrected chi connectivity index (χ4v) is 4.11. The van der Waals surface area contributed by atoms with Crippen LogP contribution in [0.5, 0.6) is 0 Å². The molecule has 1 aromatic carbocycles. The lowest BCUT2D eigenvalue weighted by Crippen LogP contribution is -2.43. The van der Waals surface area contributed by atoms with Crippen LogP contribution in [0.25, 0.3) is 0 Å². The highest BCUT2D eigenvalue weighted by molar-refractivity contribution is 7.99. The number of rotatable bonds is 8. The average Bonchev–Trinajstić information content (AvgIpc) is 2.67. The van der Waals surface area contributed by atoms with E-state index >= 15 is 0 Å². The molecule has 6 heteroatoms. The number of amides is 2. The van der Waals surface area contributed by atoms with Crippen molar-refractivity contribution in [1.82, 2.24) is 9.80 Å². The quantitative estimate of drug-likeness (QED) is 0.614. The number of carbonyl (C=O) groups excluding carboxylic acids is 2. The predicted octanol–water partition coefficient (Wildman–Crippen LogP) is 4.32. The molecule has 1 aromatic rings. The van der Waals surface area contributed by atoms with Gasteiger partial charge in [0.15, 0.2) is 0 Å². The molecule has 0 atom stereocenters. The van der Waals surface area contributed by atoms with Crippen molar-refractivity contribution in [3.05, 3.63) is 29.3 Å². The van der Waals surface area contributed by atoms with Gasteiger partial charge in [-0.3, -0.25) is 9.59 Å². The van der Waals surface area contributed by atoms with Crippen molar-refractivity contribution < 1.29 is 9.59 Å². The largest absolute Gasteiger partial charge is 0.346 e. The molecule has 0 saturated carbocycles. The molecular weight excluding hydrogens is 368 g/mol. The van der Waals surface area contributed by atoms with Gasteiger partial charge in [-0.25, -0.2) is 0 Å². The first kappa shape index (κ1) is 21.1. The zero-order valence-corrected chi connectivity index (χ0v) is 17.3. The lowest BCUT2D eigenvalue weighted by molar-refractivity contribution is -0.139. The molecule has 1 aliphatic heterocycles. The summed E-state index contributed by atoms with van der Waals surface area (Å²) in [6.07, 6.45) is 4.24. The van der Waals surface area contributed by atoms with Crippen LogP contribution in [0.3, 0.4) is 0 Å². The van der Waals surface area contributed by atoms with Gasteiger partial charge in [-0.2, -0.15) is 0 Å². The molecule has 26 heavy (non-hydrogen) atoms. The maximum Gasteiger partial charge on any atom is 0.225 e. The number of hydrogen-bond donors (Lipinski definition) is 0. The van der Waals surface area contributed by atoms with Crippen molar-refractivity contribution in [3.8, 4) is 0 Å². The number of likely N-dealkylation sites (tertiary alicyclic amines) is 1. The lowest BCUT2D eigenvalue weighted by Gasteiger charge is -2.33. The summed E-state index contributed by atoms with van der Waals surface area (Å²) in [5, 5.41) is 0.725. The summed E-state index contributed by atoms with van der Waals surface area (Å²) in [6.45, 7) is 4.36. The van der Waals surface area contributed by atoms with Crippen molar-refractivity contribution in [1.29, 1.82) is 0 Å². The second-order valence-corrected chi connectivity index (χ2v) is 8.43. The van der Waals surface area contributed by atoms with Gasteiger partial charge in [0, 0.05) is 54.7 Å². The molecular formula is C20H29ClN2O2S. The summed E-state index contributed by atoms with van der Waals surface area (Å²) in [5.74, 6) is 1.27. The van der Waals surface area contributed by atoms with E-state index in [-0.39, 0.29) is 17.7 Å². The molecule has 0 aromatic heterocycles. The van der Waals surface area contributed by atoms with E-state index in [0.29, 0.717) is 19.5 Å². The molecule has 0 unspecified atom stereocenters. The van der Waals surface area contributed by atoms with Crippen molar-refractivity contribution >= 4 is 35.2 Å². The third-order valence-corrected chi connectivity index (χ3v) is 6.08. The average molecular weight is 397 g/mol. The Balaban J connectivity index is 1.69. The zero-order chi connectivity index (χ0) is 18.9. The minimum Gasteiger partial charge on any atom is -0.346 e. The van der Waals surface area contributed by atoms with E-state index in [0.717, 1.165) is 47.9 Å². The van der Waals surface area contributed by atoms with Crippen LogP contribution in [-0.2, 0) is 9.59 Å². The molecule has 0 radical (unpaired) electrons. The molecule has 0 aliphatic carbocycles. The van der Waals surface area contributed by atoms with Crippen LogP contribution in [0, 0.1) is 5.92 Å². The van der Waals surface area contributed by atoms with Gasteiger partial charge in [-0.1, -0.05) is 24.9 Å². The summed E-state index contributed by atoms with van der Waals surface area (Å²) in [6, 6.07) is 7.68. The fraction of sp³-hybridized carbons (Fsp3) is 0.600. The molecule has 1 aliphatic rings. The molecule has 1 saturated heterocycles. The van der Waals surface area contributed by atoms with Gasteiger partial charge >= 0.3 is 0 Å². The summed E-state index contributed by atoms with van der Waals surface area (Å²) in [5.41, 5.74) is 0. The lowest BCUT2D eigenvalue weighted by atomic mass is 9.95. The molecule has 1 fully saturated rings. The Bertz CT molecular complexity index is 586. The number of nitrogens with zero attached hydrogens (tertiary/aromatic N) is 2. The smallest absolute Gasteiger partial charge is 0.225 e. The third kappa shape index (κ3) is 6.51. The minimum absolute atomic E-state index is 0.0735. The predicted molar refractivity (Wildman–Crippen MR) is 109 cm³/mol. The van der Waals surface area contributed by atoms with Gasteiger partial charge < -0.3 is 9.80 Å². The van der Waals surface area contributed by atoms with Crippen LogP contribution in [0.1, 0.15) is 39.0 Å². The number of piperidine rings is 1. The Hall–Kier alpha value is -1.20. The van der Waals surface area contributed by atoms with Gasteiger partial charge in [0.25, 0.3) is 0 Å². The first-order valence-electron chi connectivity index (χ1n) is 9.42. The van der Waals surface area contributed by atoms with Gasteiger partial charge in [-0.15, -0.1) is 11.8 Å².